The maximum atomic E-state index is 5.63. The molecule has 4 nitrogen and oxygen atoms in total. The van der Waals surface area contributed by atoms with E-state index in [0.29, 0.717) is 12.5 Å². The topological polar surface area (TPSA) is 61.3 Å². The van der Waals surface area contributed by atoms with Crippen LogP contribution in [0.3, 0.4) is 0 Å². The molecule has 0 radical (unpaired) electrons. The van der Waals surface area contributed by atoms with Crippen molar-refractivity contribution in [2.24, 2.45) is 0 Å². The van der Waals surface area contributed by atoms with Crippen molar-refractivity contribution in [2.45, 2.75) is 13.8 Å². The Labute approximate surface area is 94.0 Å². The van der Waals surface area contributed by atoms with E-state index in [1.54, 1.807) is 0 Å². The summed E-state index contributed by atoms with van der Waals surface area (Å²) in [6.45, 7) is 4.44. The molecule has 0 saturated heterocycles. The number of nitrogen functional groups attached to an aromatic ring is 1. The van der Waals surface area contributed by atoms with Crippen molar-refractivity contribution in [1.29, 1.82) is 0 Å². The SMILES string of the molecule is CCOc1ccccc1-c1noc(N)c1C. The summed E-state index contributed by atoms with van der Waals surface area (Å²) in [6.07, 6.45) is 0. The molecule has 0 unspecified atom stereocenters. The number of rotatable bonds is 3. The molecule has 0 amide bonds. The number of aromatic nitrogens is 1. The lowest BCUT2D eigenvalue weighted by Crippen LogP contribution is -1.94. The molecule has 0 aliphatic heterocycles. The predicted molar refractivity (Wildman–Crippen MR) is 62.3 cm³/mol. The fraction of sp³-hybridized carbons (Fsp3) is 0.250. The Bertz CT molecular complexity index is 492. The molecule has 0 spiro atoms. The Morgan fingerprint density at radius 1 is 1.38 bits per heavy atom. The second kappa shape index (κ2) is 4.26. The zero-order valence-corrected chi connectivity index (χ0v) is 9.36. The summed E-state index contributed by atoms with van der Waals surface area (Å²) in [5, 5.41) is 3.95. The van der Waals surface area contributed by atoms with Crippen LogP contribution in [0.1, 0.15) is 12.5 Å². The molecule has 0 atom stereocenters. The molecule has 2 N–H and O–H groups in total. The number of para-hydroxylation sites is 1. The van der Waals surface area contributed by atoms with Gasteiger partial charge in [-0.2, -0.15) is 0 Å². The third-order valence-corrected chi connectivity index (χ3v) is 2.40. The second-order valence-electron chi connectivity index (χ2n) is 3.45. The van der Waals surface area contributed by atoms with Gasteiger partial charge in [-0.1, -0.05) is 17.3 Å². The van der Waals surface area contributed by atoms with Gasteiger partial charge >= 0.3 is 0 Å². The summed E-state index contributed by atoms with van der Waals surface area (Å²) in [6, 6.07) is 7.70. The average molecular weight is 218 g/mol. The molecule has 84 valence electrons. The van der Waals surface area contributed by atoms with E-state index in [1.165, 1.54) is 0 Å². The molecule has 16 heavy (non-hydrogen) atoms. The van der Waals surface area contributed by atoms with Crippen molar-refractivity contribution >= 4 is 5.88 Å². The number of nitrogens with two attached hydrogens (primary N) is 1. The predicted octanol–water partition coefficient (Wildman–Crippen LogP) is 2.63. The number of nitrogens with zero attached hydrogens (tertiary/aromatic N) is 1. The van der Waals surface area contributed by atoms with Crippen LogP contribution < -0.4 is 10.5 Å². The first kappa shape index (κ1) is 10.5. The highest BCUT2D eigenvalue weighted by Gasteiger charge is 2.14. The van der Waals surface area contributed by atoms with Gasteiger partial charge in [-0.15, -0.1) is 0 Å². The number of benzene rings is 1. The van der Waals surface area contributed by atoms with Crippen LogP contribution in [0.25, 0.3) is 11.3 Å². The lowest BCUT2D eigenvalue weighted by Gasteiger charge is -2.07. The van der Waals surface area contributed by atoms with Gasteiger partial charge in [0.2, 0.25) is 5.88 Å². The van der Waals surface area contributed by atoms with Gasteiger partial charge in [0.1, 0.15) is 11.4 Å². The smallest absolute Gasteiger partial charge is 0.225 e. The quantitative estimate of drug-likeness (QED) is 0.860. The minimum absolute atomic E-state index is 0.348. The molecule has 2 aromatic rings. The Hall–Kier alpha value is -1.97. The molecule has 0 saturated carbocycles. The van der Waals surface area contributed by atoms with Crippen LogP contribution in [-0.4, -0.2) is 11.8 Å². The minimum Gasteiger partial charge on any atom is -0.493 e. The van der Waals surface area contributed by atoms with E-state index in [2.05, 4.69) is 5.16 Å². The molecule has 1 aromatic heterocycles. The summed E-state index contributed by atoms with van der Waals surface area (Å²) in [4.78, 5) is 0. The molecule has 0 aliphatic rings. The summed E-state index contributed by atoms with van der Waals surface area (Å²) in [5.74, 6) is 1.14. The van der Waals surface area contributed by atoms with Crippen LogP contribution in [0.5, 0.6) is 5.75 Å². The van der Waals surface area contributed by atoms with E-state index >= 15 is 0 Å². The Morgan fingerprint density at radius 2 is 2.12 bits per heavy atom. The van der Waals surface area contributed by atoms with Crippen molar-refractivity contribution < 1.29 is 9.26 Å². The normalized spacial score (nSPS) is 10.4. The lowest BCUT2D eigenvalue weighted by atomic mass is 10.1. The minimum atomic E-state index is 0.348. The molecule has 0 aliphatic carbocycles. The highest BCUT2D eigenvalue weighted by molar-refractivity contribution is 5.72. The number of hydrogen-bond acceptors (Lipinski definition) is 4. The molecule has 0 bridgehead atoms. The van der Waals surface area contributed by atoms with Gasteiger partial charge in [-0.25, -0.2) is 0 Å². The summed E-state index contributed by atoms with van der Waals surface area (Å²) in [5.41, 5.74) is 8.11. The molecular weight excluding hydrogens is 204 g/mol. The molecular formula is C12H14N2O2. The van der Waals surface area contributed by atoms with Gasteiger partial charge in [-0.05, 0) is 26.0 Å². The maximum Gasteiger partial charge on any atom is 0.225 e. The average Bonchev–Trinajstić information content (AvgIpc) is 2.61. The van der Waals surface area contributed by atoms with Gasteiger partial charge in [0.05, 0.1) is 6.61 Å². The molecule has 0 fully saturated rings. The fourth-order valence-electron chi connectivity index (χ4n) is 1.54. The first-order valence-electron chi connectivity index (χ1n) is 5.18. The van der Waals surface area contributed by atoms with Crippen LogP contribution in [0.4, 0.5) is 5.88 Å². The summed E-state index contributed by atoms with van der Waals surface area (Å²) >= 11 is 0. The van der Waals surface area contributed by atoms with E-state index < -0.39 is 0 Å². The van der Waals surface area contributed by atoms with E-state index in [-0.39, 0.29) is 0 Å². The van der Waals surface area contributed by atoms with E-state index in [1.807, 2.05) is 38.1 Å². The van der Waals surface area contributed by atoms with Crippen molar-refractivity contribution in [2.75, 3.05) is 12.3 Å². The standard InChI is InChI=1S/C12H14N2O2/c1-3-15-10-7-5-4-6-9(10)11-8(2)12(13)16-14-11/h4-7H,3,13H2,1-2H3. The van der Waals surface area contributed by atoms with Crippen LogP contribution in [0.2, 0.25) is 0 Å². The van der Waals surface area contributed by atoms with E-state index in [9.17, 15) is 0 Å². The van der Waals surface area contributed by atoms with Gasteiger partial charge in [0, 0.05) is 11.1 Å². The monoisotopic (exact) mass is 218 g/mol. The number of anilines is 1. The van der Waals surface area contributed by atoms with E-state index in [4.69, 9.17) is 15.0 Å². The van der Waals surface area contributed by atoms with Crippen LogP contribution in [0, 0.1) is 6.92 Å². The first-order valence-corrected chi connectivity index (χ1v) is 5.18. The number of ether oxygens (including phenoxy) is 1. The van der Waals surface area contributed by atoms with Crippen LogP contribution >= 0.6 is 0 Å². The van der Waals surface area contributed by atoms with Crippen molar-refractivity contribution in [1.82, 2.24) is 5.16 Å². The largest absolute Gasteiger partial charge is 0.493 e. The Kier molecular flexibility index (Phi) is 2.81. The molecule has 2 rings (SSSR count). The van der Waals surface area contributed by atoms with Gasteiger partial charge in [-0.3, -0.25) is 0 Å². The third-order valence-electron chi connectivity index (χ3n) is 2.40. The lowest BCUT2D eigenvalue weighted by molar-refractivity contribution is 0.341. The van der Waals surface area contributed by atoms with Gasteiger partial charge < -0.3 is 15.0 Å². The Balaban J connectivity index is 2.51. The van der Waals surface area contributed by atoms with Crippen LogP contribution in [-0.2, 0) is 0 Å². The first-order chi connectivity index (χ1) is 7.74. The van der Waals surface area contributed by atoms with E-state index in [0.717, 1.165) is 22.6 Å². The van der Waals surface area contributed by atoms with Crippen LogP contribution in [0.15, 0.2) is 28.8 Å². The fourth-order valence-corrected chi connectivity index (χ4v) is 1.54. The third kappa shape index (κ3) is 1.74. The molecule has 1 aromatic carbocycles. The highest BCUT2D eigenvalue weighted by atomic mass is 16.5. The molecule has 4 heteroatoms. The van der Waals surface area contributed by atoms with Crippen molar-refractivity contribution in [3.05, 3.63) is 29.8 Å². The number of hydrogen-bond donors (Lipinski definition) is 1. The highest BCUT2D eigenvalue weighted by Crippen LogP contribution is 2.33. The van der Waals surface area contributed by atoms with Gasteiger partial charge in [0.15, 0.2) is 0 Å². The van der Waals surface area contributed by atoms with Gasteiger partial charge in [0.25, 0.3) is 0 Å². The Morgan fingerprint density at radius 3 is 2.75 bits per heavy atom. The second-order valence-corrected chi connectivity index (χ2v) is 3.45. The zero-order chi connectivity index (χ0) is 11.5. The molecule has 1 heterocycles. The summed E-state index contributed by atoms with van der Waals surface area (Å²) < 4.78 is 10.5. The van der Waals surface area contributed by atoms with Crippen molar-refractivity contribution in [3.8, 4) is 17.0 Å². The van der Waals surface area contributed by atoms with Crippen molar-refractivity contribution in [3.63, 3.8) is 0 Å². The zero-order valence-electron chi connectivity index (χ0n) is 9.36. The summed E-state index contributed by atoms with van der Waals surface area (Å²) in [7, 11) is 0. The maximum absolute atomic E-state index is 5.63.